The molecule has 3 nitrogen and oxygen atoms in total. The highest BCUT2D eigenvalue weighted by Gasteiger charge is 2.09. The van der Waals surface area contributed by atoms with Crippen molar-refractivity contribution >= 4 is 45.0 Å². The highest BCUT2D eigenvalue weighted by Crippen LogP contribution is 2.26. The molecule has 2 rings (SSSR count). The number of anilines is 2. The Labute approximate surface area is 135 Å². The molecule has 0 aliphatic carbocycles. The predicted molar refractivity (Wildman–Crippen MR) is 89.0 cm³/mol. The second-order valence-electron chi connectivity index (χ2n) is 4.50. The number of nitrogens with one attached hydrogen (secondary N) is 1. The van der Waals surface area contributed by atoms with Crippen molar-refractivity contribution in [3.05, 3.63) is 52.3 Å². The molecular formula is C15H14BrFN2OS. The molecule has 2 aromatic carbocycles. The van der Waals surface area contributed by atoms with Crippen molar-refractivity contribution in [2.24, 2.45) is 0 Å². The van der Waals surface area contributed by atoms with Crippen LogP contribution in [0.4, 0.5) is 15.8 Å². The lowest BCUT2D eigenvalue weighted by molar-refractivity contribution is -0.113. The van der Waals surface area contributed by atoms with E-state index in [9.17, 15) is 9.18 Å². The number of rotatable bonds is 4. The van der Waals surface area contributed by atoms with E-state index in [1.54, 1.807) is 6.07 Å². The molecule has 0 saturated carbocycles. The summed E-state index contributed by atoms with van der Waals surface area (Å²) in [5.74, 6) is -0.582. The van der Waals surface area contributed by atoms with Gasteiger partial charge in [-0.25, -0.2) is 4.39 Å². The Balaban J connectivity index is 1.96. The van der Waals surface area contributed by atoms with Crippen LogP contribution in [0.3, 0.4) is 0 Å². The first-order valence-corrected chi connectivity index (χ1v) is 7.97. The highest BCUT2D eigenvalue weighted by molar-refractivity contribution is 9.10. The van der Waals surface area contributed by atoms with Crippen molar-refractivity contribution in [2.45, 2.75) is 11.8 Å². The van der Waals surface area contributed by atoms with Crippen LogP contribution in [0.15, 0.2) is 45.8 Å². The first-order valence-electron chi connectivity index (χ1n) is 6.19. The van der Waals surface area contributed by atoms with E-state index in [4.69, 9.17) is 5.73 Å². The average molecular weight is 369 g/mol. The topological polar surface area (TPSA) is 55.1 Å². The zero-order chi connectivity index (χ0) is 15.4. The standard InChI is InChI=1S/C15H14BrFN2OS/c1-9-2-5-14(12(18)6-9)21-8-15(20)19-13-4-3-10(16)7-11(13)17/h2-7H,8,18H2,1H3,(H,19,20). The predicted octanol–water partition coefficient (Wildman–Crippen LogP) is 4.21. The maximum Gasteiger partial charge on any atom is 0.234 e. The van der Waals surface area contributed by atoms with E-state index in [-0.39, 0.29) is 17.3 Å². The molecule has 0 heterocycles. The average Bonchev–Trinajstić information content (AvgIpc) is 2.41. The smallest absolute Gasteiger partial charge is 0.234 e. The van der Waals surface area contributed by atoms with Crippen LogP contribution >= 0.6 is 27.7 Å². The molecule has 0 radical (unpaired) electrons. The van der Waals surface area contributed by atoms with E-state index in [1.165, 1.54) is 23.9 Å². The Bertz CT molecular complexity index is 679. The van der Waals surface area contributed by atoms with Gasteiger partial charge in [0.1, 0.15) is 5.82 Å². The van der Waals surface area contributed by atoms with Crippen LogP contribution < -0.4 is 11.1 Å². The number of nitrogen functional groups attached to an aromatic ring is 1. The third-order valence-electron chi connectivity index (χ3n) is 2.73. The molecule has 0 aliphatic rings. The van der Waals surface area contributed by atoms with Crippen molar-refractivity contribution in [3.63, 3.8) is 0 Å². The van der Waals surface area contributed by atoms with E-state index in [1.807, 2.05) is 25.1 Å². The van der Waals surface area contributed by atoms with E-state index in [0.717, 1.165) is 10.5 Å². The molecule has 0 atom stereocenters. The molecule has 0 spiro atoms. The molecule has 0 fully saturated rings. The molecule has 21 heavy (non-hydrogen) atoms. The summed E-state index contributed by atoms with van der Waals surface area (Å²) in [4.78, 5) is 12.7. The molecule has 3 N–H and O–H groups in total. The largest absolute Gasteiger partial charge is 0.398 e. The lowest BCUT2D eigenvalue weighted by Crippen LogP contribution is -2.15. The zero-order valence-electron chi connectivity index (χ0n) is 11.3. The number of halogens is 2. The quantitative estimate of drug-likeness (QED) is 0.627. The van der Waals surface area contributed by atoms with Crippen LogP contribution in [0, 0.1) is 12.7 Å². The van der Waals surface area contributed by atoms with Crippen LogP contribution in [0.1, 0.15) is 5.56 Å². The third-order valence-corrected chi connectivity index (χ3v) is 4.31. The minimum atomic E-state index is -0.474. The number of carbonyl (C=O) groups excluding carboxylic acids is 1. The van der Waals surface area contributed by atoms with Crippen LogP contribution in [0.25, 0.3) is 0 Å². The van der Waals surface area contributed by atoms with Crippen LogP contribution in [0.5, 0.6) is 0 Å². The van der Waals surface area contributed by atoms with E-state index < -0.39 is 5.82 Å². The maximum absolute atomic E-state index is 13.6. The number of carbonyl (C=O) groups is 1. The number of hydrogen-bond donors (Lipinski definition) is 2. The van der Waals surface area contributed by atoms with Gasteiger partial charge in [0, 0.05) is 15.1 Å². The molecule has 1 amide bonds. The summed E-state index contributed by atoms with van der Waals surface area (Å²) in [6, 6.07) is 10.2. The van der Waals surface area contributed by atoms with Crippen molar-refractivity contribution in [2.75, 3.05) is 16.8 Å². The lowest BCUT2D eigenvalue weighted by atomic mass is 10.2. The van der Waals surface area contributed by atoms with Crippen LogP contribution in [-0.2, 0) is 4.79 Å². The molecule has 0 bridgehead atoms. The van der Waals surface area contributed by atoms with Gasteiger partial charge in [0.25, 0.3) is 0 Å². The van der Waals surface area contributed by atoms with Crippen molar-refractivity contribution in [1.29, 1.82) is 0 Å². The molecule has 0 aliphatic heterocycles. The van der Waals surface area contributed by atoms with Gasteiger partial charge in [-0.3, -0.25) is 4.79 Å². The number of amides is 1. The Morgan fingerprint density at radius 2 is 2.10 bits per heavy atom. The Kier molecular flexibility index (Phi) is 5.25. The first-order chi connectivity index (χ1) is 9.95. The fraction of sp³-hybridized carbons (Fsp3) is 0.133. The maximum atomic E-state index is 13.6. The fourth-order valence-electron chi connectivity index (χ4n) is 1.72. The van der Waals surface area contributed by atoms with Crippen molar-refractivity contribution in [1.82, 2.24) is 0 Å². The van der Waals surface area contributed by atoms with Crippen molar-refractivity contribution in [3.8, 4) is 0 Å². The summed E-state index contributed by atoms with van der Waals surface area (Å²) in [6.07, 6.45) is 0. The Morgan fingerprint density at radius 3 is 2.76 bits per heavy atom. The molecular weight excluding hydrogens is 355 g/mol. The Hall–Kier alpha value is -1.53. The summed E-state index contributed by atoms with van der Waals surface area (Å²) in [5, 5.41) is 2.54. The first kappa shape index (κ1) is 15.9. The number of thioether (sulfide) groups is 1. The van der Waals surface area contributed by atoms with Gasteiger partial charge in [-0.05, 0) is 42.8 Å². The number of nitrogens with two attached hydrogens (primary N) is 1. The summed E-state index contributed by atoms with van der Waals surface area (Å²) in [7, 11) is 0. The summed E-state index contributed by atoms with van der Waals surface area (Å²) in [6.45, 7) is 1.95. The van der Waals surface area contributed by atoms with Crippen molar-refractivity contribution < 1.29 is 9.18 Å². The van der Waals surface area contributed by atoms with Gasteiger partial charge in [0.2, 0.25) is 5.91 Å². The second kappa shape index (κ2) is 6.95. The second-order valence-corrected chi connectivity index (χ2v) is 6.44. The van der Waals surface area contributed by atoms with Gasteiger partial charge < -0.3 is 11.1 Å². The molecule has 2 aromatic rings. The summed E-state index contributed by atoms with van der Waals surface area (Å²) >= 11 is 4.49. The minimum absolute atomic E-state index is 0.167. The lowest BCUT2D eigenvalue weighted by Gasteiger charge is -2.08. The molecule has 0 saturated heterocycles. The summed E-state index contributed by atoms with van der Waals surface area (Å²) < 4.78 is 14.2. The van der Waals surface area contributed by atoms with Crippen LogP contribution in [0.2, 0.25) is 0 Å². The minimum Gasteiger partial charge on any atom is -0.398 e. The van der Waals surface area contributed by atoms with Gasteiger partial charge >= 0.3 is 0 Å². The molecule has 110 valence electrons. The van der Waals surface area contributed by atoms with Gasteiger partial charge in [-0.1, -0.05) is 22.0 Å². The van der Waals surface area contributed by atoms with E-state index >= 15 is 0 Å². The van der Waals surface area contributed by atoms with E-state index in [2.05, 4.69) is 21.2 Å². The Morgan fingerprint density at radius 1 is 1.33 bits per heavy atom. The van der Waals surface area contributed by atoms with Gasteiger partial charge in [-0.15, -0.1) is 11.8 Å². The third kappa shape index (κ3) is 4.47. The van der Waals surface area contributed by atoms with Gasteiger partial charge in [0.15, 0.2) is 0 Å². The zero-order valence-corrected chi connectivity index (χ0v) is 13.7. The number of benzene rings is 2. The highest BCUT2D eigenvalue weighted by atomic mass is 79.9. The molecule has 0 aromatic heterocycles. The van der Waals surface area contributed by atoms with E-state index in [0.29, 0.717) is 10.2 Å². The SMILES string of the molecule is Cc1ccc(SCC(=O)Nc2ccc(Br)cc2F)c(N)c1. The molecule has 0 unspecified atom stereocenters. The monoisotopic (exact) mass is 368 g/mol. The summed E-state index contributed by atoms with van der Waals surface area (Å²) in [5.41, 5.74) is 7.76. The van der Waals surface area contributed by atoms with Crippen LogP contribution in [-0.4, -0.2) is 11.7 Å². The van der Waals surface area contributed by atoms with Gasteiger partial charge in [-0.2, -0.15) is 0 Å². The molecule has 6 heteroatoms. The number of aryl methyl sites for hydroxylation is 1. The normalized spacial score (nSPS) is 10.4. The van der Waals surface area contributed by atoms with Gasteiger partial charge in [0.05, 0.1) is 11.4 Å². The fourth-order valence-corrected chi connectivity index (χ4v) is 2.80. The number of hydrogen-bond acceptors (Lipinski definition) is 3.